The summed E-state index contributed by atoms with van der Waals surface area (Å²) in [6.45, 7) is 0. The van der Waals surface area contributed by atoms with Crippen LogP contribution in [-0.2, 0) is 6.18 Å². The molecule has 0 unspecified atom stereocenters. The van der Waals surface area contributed by atoms with Crippen LogP contribution in [0.25, 0.3) is 0 Å². The molecule has 0 amide bonds. The van der Waals surface area contributed by atoms with Gasteiger partial charge in [0.15, 0.2) is 0 Å². The average molecular weight is 281 g/mol. The largest absolute Gasteiger partial charge is 0.474 e. The fourth-order valence-electron chi connectivity index (χ4n) is 1.94. The number of alkyl halides is 3. The minimum absolute atomic E-state index is 0.0780. The van der Waals surface area contributed by atoms with Gasteiger partial charge in [0, 0.05) is 6.07 Å². The molecule has 0 atom stereocenters. The zero-order chi connectivity index (χ0) is 13.2. The lowest BCUT2D eigenvalue weighted by Gasteiger charge is -2.22. The fourth-order valence-corrected chi connectivity index (χ4v) is 2.11. The van der Waals surface area contributed by atoms with Crippen LogP contribution in [0.15, 0.2) is 6.07 Å². The van der Waals surface area contributed by atoms with Crippen molar-refractivity contribution in [3.63, 3.8) is 0 Å². The average Bonchev–Trinajstić information content (AvgIpc) is 2.28. The van der Waals surface area contributed by atoms with Gasteiger partial charge in [-0.1, -0.05) is 18.0 Å². The first kappa shape index (κ1) is 13.4. The first-order valence-corrected chi connectivity index (χ1v) is 6.11. The highest BCUT2D eigenvalue weighted by molar-refractivity contribution is 6.29. The summed E-state index contributed by atoms with van der Waals surface area (Å²) in [5.74, 6) is -1.37. The number of nitrogens with zero attached hydrogens (tertiary/aromatic N) is 2. The van der Waals surface area contributed by atoms with Crippen molar-refractivity contribution >= 4 is 11.6 Å². The van der Waals surface area contributed by atoms with Gasteiger partial charge in [0.25, 0.3) is 0 Å². The van der Waals surface area contributed by atoms with Crippen LogP contribution in [-0.4, -0.2) is 16.1 Å². The smallest absolute Gasteiger partial charge is 0.451 e. The van der Waals surface area contributed by atoms with Crippen LogP contribution < -0.4 is 4.74 Å². The lowest BCUT2D eigenvalue weighted by molar-refractivity contribution is -0.145. The molecule has 1 fully saturated rings. The molecule has 0 radical (unpaired) electrons. The van der Waals surface area contributed by atoms with Crippen molar-refractivity contribution in [2.24, 2.45) is 0 Å². The highest BCUT2D eigenvalue weighted by Gasteiger charge is 2.35. The maximum atomic E-state index is 12.5. The zero-order valence-electron chi connectivity index (χ0n) is 9.50. The Morgan fingerprint density at radius 2 is 1.83 bits per heavy atom. The van der Waals surface area contributed by atoms with Gasteiger partial charge < -0.3 is 4.74 Å². The van der Waals surface area contributed by atoms with E-state index in [4.69, 9.17) is 16.3 Å². The lowest BCUT2D eigenvalue weighted by Crippen LogP contribution is -2.21. The number of halogens is 4. The van der Waals surface area contributed by atoms with Gasteiger partial charge in [-0.3, -0.25) is 0 Å². The van der Waals surface area contributed by atoms with E-state index < -0.39 is 12.0 Å². The second-order valence-electron chi connectivity index (χ2n) is 4.23. The highest BCUT2D eigenvalue weighted by atomic mass is 35.5. The van der Waals surface area contributed by atoms with Crippen LogP contribution in [0.3, 0.4) is 0 Å². The maximum absolute atomic E-state index is 12.5. The summed E-state index contributed by atoms with van der Waals surface area (Å²) in [6.07, 6.45) is 0.163. The molecule has 0 aromatic carbocycles. The molecule has 100 valence electrons. The first-order chi connectivity index (χ1) is 8.45. The Morgan fingerprint density at radius 1 is 1.17 bits per heavy atom. The molecule has 18 heavy (non-hydrogen) atoms. The van der Waals surface area contributed by atoms with E-state index in [1.165, 1.54) is 6.07 Å². The van der Waals surface area contributed by atoms with Gasteiger partial charge in [-0.2, -0.15) is 18.2 Å². The predicted molar refractivity (Wildman–Crippen MR) is 59.5 cm³/mol. The van der Waals surface area contributed by atoms with E-state index in [1.807, 2.05) is 0 Å². The topological polar surface area (TPSA) is 35.0 Å². The van der Waals surface area contributed by atoms with Crippen LogP contribution in [0, 0.1) is 0 Å². The Morgan fingerprint density at radius 3 is 2.44 bits per heavy atom. The molecule has 0 spiro atoms. The summed E-state index contributed by atoms with van der Waals surface area (Å²) in [6, 6.07) is 1.21. The number of hydrogen-bond acceptors (Lipinski definition) is 3. The number of ether oxygens (including phenoxy) is 1. The molecule has 0 bridgehead atoms. The molecule has 1 heterocycles. The van der Waals surface area contributed by atoms with Crippen LogP contribution >= 0.6 is 11.6 Å². The fraction of sp³-hybridized carbons (Fsp3) is 0.636. The third-order valence-corrected chi connectivity index (χ3v) is 2.96. The Kier molecular flexibility index (Phi) is 3.94. The van der Waals surface area contributed by atoms with E-state index in [9.17, 15) is 13.2 Å². The molecule has 0 aliphatic heterocycles. The summed E-state index contributed by atoms with van der Waals surface area (Å²) in [7, 11) is 0. The Bertz CT molecular complexity index is 419. The Balaban J connectivity index is 2.14. The monoisotopic (exact) mass is 280 g/mol. The van der Waals surface area contributed by atoms with Crippen molar-refractivity contribution in [3.05, 3.63) is 17.0 Å². The normalized spacial score (nSPS) is 17.8. The summed E-state index contributed by atoms with van der Waals surface area (Å²) < 4.78 is 42.9. The van der Waals surface area contributed by atoms with E-state index in [1.54, 1.807) is 0 Å². The molecule has 1 aliphatic carbocycles. The van der Waals surface area contributed by atoms with Gasteiger partial charge in [0.05, 0.1) is 0 Å². The molecule has 0 saturated heterocycles. The summed E-state index contributed by atoms with van der Waals surface area (Å²) in [5, 5.41) is -0.261. The van der Waals surface area contributed by atoms with Crippen molar-refractivity contribution in [1.29, 1.82) is 0 Å². The van der Waals surface area contributed by atoms with E-state index in [0.29, 0.717) is 0 Å². The molecular formula is C11H12ClF3N2O. The third-order valence-electron chi connectivity index (χ3n) is 2.76. The Labute approximate surface area is 107 Å². The summed E-state index contributed by atoms with van der Waals surface area (Å²) in [5.41, 5.74) is 0. The van der Waals surface area contributed by atoms with Crippen LogP contribution in [0.5, 0.6) is 5.88 Å². The minimum atomic E-state index is -4.62. The van der Waals surface area contributed by atoms with E-state index in [0.717, 1.165) is 32.1 Å². The number of aromatic nitrogens is 2. The maximum Gasteiger partial charge on any atom is 0.451 e. The number of rotatable bonds is 2. The molecule has 1 aromatic rings. The van der Waals surface area contributed by atoms with Crippen LogP contribution in [0.4, 0.5) is 13.2 Å². The molecule has 1 aromatic heterocycles. The van der Waals surface area contributed by atoms with Crippen LogP contribution in [0.2, 0.25) is 5.15 Å². The van der Waals surface area contributed by atoms with E-state index in [-0.39, 0.29) is 17.1 Å². The second kappa shape index (κ2) is 5.30. The van der Waals surface area contributed by atoms with Crippen molar-refractivity contribution in [1.82, 2.24) is 9.97 Å². The van der Waals surface area contributed by atoms with Crippen molar-refractivity contribution in [3.8, 4) is 5.88 Å². The van der Waals surface area contributed by atoms with Gasteiger partial charge in [0.2, 0.25) is 11.7 Å². The highest BCUT2D eigenvalue weighted by Crippen LogP contribution is 2.30. The van der Waals surface area contributed by atoms with Crippen molar-refractivity contribution < 1.29 is 17.9 Å². The molecule has 3 nitrogen and oxygen atoms in total. The first-order valence-electron chi connectivity index (χ1n) is 5.73. The zero-order valence-corrected chi connectivity index (χ0v) is 10.3. The van der Waals surface area contributed by atoms with E-state index >= 15 is 0 Å². The van der Waals surface area contributed by atoms with E-state index in [2.05, 4.69) is 9.97 Å². The lowest BCUT2D eigenvalue weighted by atomic mass is 9.98. The molecule has 2 rings (SSSR count). The van der Waals surface area contributed by atoms with Crippen molar-refractivity contribution in [2.45, 2.75) is 44.4 Å². The molecule has 1 saturated carbocycles. The summed E-state index contributed by atoms with van der Waals surface area (Å²) >= 11 is 5.54. The van der Waals surface area contributed by atoms with Gasteiger partial charge in [0.1, 0.15) is 11.3 Å². The quantitative estimate of drug-likeness (QED) is 0.772. The molecular weight excluding hydrogens is 269 g/mol. The van der Waals surface area contributed by atoms with Gasteiger partial charge >= 0.3 is 6.18 Å². The standard InChI is InChI=1S/C11H12ClF3N2O/c12-8-6-9(17-10(16-8)11(13,14)15)18-7-4-2-1-3-5-7/h6-7H,1-5H2. The molecule has 7 heteroatoms. The molecule has 1 aliphatic rings. The predicted octanol–water partition coefficient (Wildman–Crippen LogP) is 3.86. The minimum Gasteiger partial charge on any atom is -0.474 e. The van der Waals surface area contributed by atoms with Crippen molar-refractivity contribution in [2.75, 3.05) is 0 Å². The third kappa shape index (κ3) is 3.48. The number of hydrogen-bond donors (Lipinski definition) is 0. The molecule has 0 N–H and O–H groups in total. The SMILES string of the molecule is FC(F)(F)c1nc(Cl)cc(OC2CCCCC2)n1. The summed E-state index contributed by atoms with van der Waals surface area (Å²) in [4.78, 5) is 6.50. The Hall–Kier alpha value is -1.04. The van der Waals surface area contributed by atoms with Gasteiger partial charge in [-0.15, -0.1) is 0 Å². The van der Waals surface area contributed by atoms with Gasteiger partial charge in [-0.25, -0.2) is 4.98 Å². The van der Waals surface area contributed by atoms with Gasteiger partial charge in [-0.05, 0) is 25.7 Å². The van der Waals surface area contributed by atoms with Crippen LogP contribution in [0.1, 0.15) is 37.9 Å². The second-order valence-corrected chi connectivity index (χ2v) is 4.62.